The molecule has 0 aliphatic rings. The van der Waals surface area contributed by atoms with Crippen molar-refractivity contribution < 1.29 is 4.79 Å². The standard InChI is InChI=1S/C21H17N5OS/c1-13(19(27)22-16-11-6-8-14-7-2-3-9-15(14)16)28-21-25-24-20-23-17-10-4-5-12-18(17)26(20)21/h2-13H,1H3,(H,22,27)(H,23,24)/t13-/m0/s1. The number of H-pyrrole nitrogens is 1. The smallest absolute Gasteiger partial charge is 0.237 e. The van der Waals surface area contributed by atoms with Crippen LogP contribution >= 0.6 is 11.8 Å². The first-order valence-electron chi connectivity index (χ1n) is 8.97. The van der Waals surface area contributed by atoms with Crippen LogP contribution in [-0.2, 0) is 4.79 Å². The Hall–Kier alpha value is -3.32. The predicted octanol–water partition coefficient (Wildman–Crippen LogP) is 4.48. The quantitative estimate of drug-likeness (QED) is 0.446. The molecule has 138 valence electrons. The third-order valence-corrected chi connectivity index (χ3v) is 5.75. The minimum absolute atomic E-state index is 0.0677. The second-order valence-corrected chi connectivity index (χ2v) is 7.85. The molecular weight excluding hydrogens is 370 g/mol. The molecule has 2 N–H and O–H groups in total. The highest BCUT2D eigenvalue weighted by Gasteiger charge is 2.20. The molecule has 0 bridgehead atoms. The molecule has 5 aromatic rings. The maximum atomic E-state index is 12.8. The minimum atomic E-state index is -0.327. The van der Waals surface area contributed by atoms with Crippen LogP contribution in [0.15, 0.2) is 71.9 Å². The van der Waals surface area contributed by atoms with Crippen molar-refractivity contribution in [2.24, 2.45) is 0 Å². The van der Waals surface area contributed by atoms with E-state index in [4.69, 9.17) is 0 Å². The molecule has 1 amide bonds. The highest BCUT2D eigenvalue weighted by molar-refractivity contribution is 8.00. The van der Waals surface area contributed by atoms with Crippen LogP contribution in [0.4, 0.5) is 5.69 Å². The molecule has 28 heavy (non-hydrogen) atoms. The average molecular weight is 387 g/mol. The number of nitrogens with one attached hydrogen (secondary N) is 2. The first-order chi connectivity index (χ1) is 13.7. The third kappa shape index (κ3) is 2.80. The van der Waals surface area contributed by atoms with E-state index in [2.05, 4.69) is 20.5 Å². The molecule has 0 unspecified atom stereocenters. The van der Waals surface area contributed by atoms with Gasteiger partial charge in [-0.2, -0.15) is 0 Å². The van der Waals surface area contributed by atoms with Gasteiger partial charge in [-0.25, -0.2) is 10.1 Å². The Balaban J connectivity index is 1.41. The van der Waals surface area contributed by atoms with E-state index in [1.165, 1.54) is 11.8 Å². The Morgan fingerprint density at radius 1 is 1.07 bits per heavy atom. The van der Waals surface area contributed by atoms with Crippen molar-refractivity contribution in [1.82, 2.24) is 19.6 Å². The van der Waals surface area contributed by atoms with Gasteiger partial charge in [0.25, 0.3) is 0 Å². The summed E-state index contributed by atoms with van der Waals surface area (Å²) in [6, 6.07) is 21.8. The number of aromatic nitrogens is 4. The normalized spacial score (nSPS) is 12.6. The summed E-state index contributed by atoms with van der Waals surface area (Å²) in [5.41, 5.74) is 2.68. The molecule has 0 radical (unpaired) electrons. The first-order valence-corrected chi connectivity index (χ1v) is 9.85. The number of fused-ring (bicyclic) bond motifs is 4. The zero-order valence-electron chi connectivity index (χ0n) is 15.1. The highest BCUT2D eigenvalue weighted by atomic mass is 32.2. The number of nitrogens with zero attached hydrogens (tertiary/aromatic N) is 3. The van der Waals surface area contributed by atoms with Gasteiger partial charge in [0.15, 0.2) is 5.16 Å². The van der Waals surface area contributed by atoms with Gasteiger partial charge in [-0.15, -0.1) is 5.10 Å². The van der Waals surface area contributed by atoms with E-state index in [-0.39, 0.29) is 11.2 Å². The van der Waals surface area contributed by atoms with E-state index in [0.717, 1.165) is 27.5 Å². The average Bonchev–Trinajstić information content (AvgIpc) is 3.28. The number of amides is 1. The fourth-order valence-corrected chi connectivity index (χ4v) is 4.17. The number of rotatable bonds is 4. The van der Waals surface area contributed by atoms with Crippen molar-refractivity contribution >= 4 is 50.9 Å². The van der Waals surface area contributed by atoms with Gasteiger partial charge in [-0.05, 0) is 30.5 Å². The van der Waals surface area contributed by atoms with Crippen LogP contribution in [0.2, 0.25) is 0 Å². The van der Waals surface area contributed by atoms with Crippen molar-refractivity contribution in [3.63, 3.8) is 0 Å². The van der Waals surface area contributed by atoms with E-state index in [0.29, 0.717) is 10.9 Å². The summed E-state index contributed by atoms with van der Waals surface area (Å²) in [7, 11) is 0. The second-order valence-electron chi connectivity index (χ2n) is 6.54. The lowest BCUT2D eigenvalue weighted by molar-refractivity contribution is -0.115. The first kappa shape index (κ1) is 16.8. The van der Waals surface area contributed by atoms with Crippen LogP contribution < -0.4 is 5.32 Å². The van der Waals surface area contributed by atoms with Crippen molar-refractivity contribution in [1.29, 1.82) is 0 Å². The summed E-state index contributed by atoms with van der Waals surface area (Å²) in [6.07, 6.45) is 0. The molecule has 0 aliphatic heterocycles. The Labute approximate surface area is 165 Å². The zero-order valence-corrected chi connectivity index (χ0v) is 15.9. The zero-order chi connectivity index (χ0) is 19.1. The number of imidazole rings is 1. The van der Waals surface area contributed by atoms with Gasteiger partial charge < -0.3 is 5.32 Å². The molecule has 1 atom stereocenters. The summed E-state index contributed by atoms with van der Waals surface area (Å²) < 4.78 is 1.95. The van der Waals surface area contributed by atoms with Crippen molar-refractivity contribution in [3.05, 3.63) is 66.7 Å². The van der Waals surface area contributed by atoms with E-state index < -0.39 is 0 Å². The number of benzene rings is 3. The minimum Gasteiger partial charge on any atom is -0.325 e. The molecule has 2 heterocycles. The van der Waals surface area contributed by atoms with E-state index in [1.54, 1.807) is 0 Å². The van der Waals surface area contributed by atoms with Crippen LogP contribution in [0.5, 0.6) is 0 Å². The fraction of sp³-hybridized carbons (Fsp3) is 0.0952. The molecule has 5 rings (SSSR count). The predicted molar refractivity (Wildman–Crippen MR) is 113 cm³/mol. The second kappa shape index (κ2) is 6.69. The molecule has 3 aromatic carbocycles. The van der Waals surface area contributed by atoms with E-state index >= 15 is 0 Å². The van der Waals surface area contributed by atoms with Gasteiger partial charge >= 0.3 is 0 Å². The van der Waals surface area contributed by atoms with Crippen LogP contribution in [-0.4, -0.2) is 30.7 Å². The topological polar surface area (TPSA) is 75.1 Å². The number of aromatic amines is 1. The highest BCUT2D eigenvalue weighted by Crippen LogP contribution is 2.28. The number of hydrogen-bond acceptors (Lipinski definition) is 4. The maximum Gasteiger partial charge on any atom is 0.237 e. The van der Waals surface area contributed by atoms with Crippen molar-refractivity contribution in [2.45, 2.75) is 17.3 Å². The Morgan fingerprint density at radius 3 is 2.79 bits per heavy atom. The summed E-state index contributed by atoms with van der Waals surface area (Å²) in [6.45, 7) is 1.88. The summed E-state index contributed by atoms with van der Waals surface area (Å²) in [5, 5.41) is 12.8. The van der Waals surface area contributed by atoms with Gasteiger partial charge in [0.2, 0.25) is 11.7 Å². The lowest BCUT2D eigenvalue weighted by atomic mass is 10.1. The number of carbonyl (C=O) groups is 1. The molecule has 7 heteroatoms. The number of thioether (sulfide) groups is 1. The SMILES string of the molecule is C[C@H](Sc1n[nH]c2nc3ccccc3n12)C(=O)Nc1cccc2ccccc12. The Bertz CT molecular complexity index is 1320. The molecule has 0 saturated carbocycles. The monoisotopic (exact) mass is 387 g/mol. The summed E-state index contributed by atoms with van der Waals surface area (Å²) >= 11 is 1.40. The van der Waals surface area contributed by atoms with Crippen LogP contribution in [0, 0.1) is 0 Å². The van der Waals surface area contributed by atoms with Gasteiger partial charge in [0, 0.05) is 11.1 Å². The number of anilines is 1. The molecule has 0 aliphatic carbocycles. The molecule has 6 nitrogen and oxygen atoms in total. The summed E-state index contributed by atoms with van der Waals surface area (Å²) in [4.78, 5) is 17.3. The number of para-hydroxylation sites is 2. The maximum absolute atomic E-state index is 12.8. The van der Waals surface area contributed by atoms with Gasteiger partial charge in [0.1, 0.15) is 0 Å². The molecule has 0 saturated heterocycles. The lowest BCUT2D eigenvalue weighted by Crippen LogP contribution is -2.22. The third-order valence-electron chi connectivity index (χ3n) is 4.70. The largest absolute Gasteiger partial charge is 0.325 e. The van der Waals surface area contributed by atoms with Crippen LogP contribution in [0.3, 0.4) is 0 Å². The lowest BCUT2D eigenvalue weighted by Gasteiger charge is -2.12. The van der Waals surface area contributed by atoms with E-state index in [1.807, 2.05) is 78.1 Å². The van der Waals surface area contributed by atoms with Crippen molar-refractivity contribution in [2.75, 3.05) is 5.32 Å². The fourth-order valence-electron chi connectivity index (χ4n) is 3.30. The van der Waals surface area contributed by atoms with Crippen LogP contribution in [0.1, 0.15) is 6.92 Å². The van der Waals surface area contributed by atoms with Gasteiger partial charge in [-0.3, -0.25) is 9.20 Å². The number of hydrogen-bond donors (Lipinski definition) is 2. The van der Waals surface area contributed by atoms with Gasteiger partial charge in [0.05, 0.1) is 16.3 Å². The summed E-state index contributed by atoms with van der Waals surface area (Å²) in [5.74, 6) is 0.604. The van der Waals surface area contributed by atoms with Crippen LogP contribution in [0.25, 0.3) is 27.6 Å². The van der Waals surface area contributed by atoms with Crippen molar-refractivity contribution in [3.8, 4) is 0 Å². The molecule has 0 fully saturated rings. The Morgan fingerprint density at radius 2 is 1.86 bits per heavy atom. The Kier molecular flexibility index (Phi) is 4.02. The van der Waals surface area contributed by atoms with E-state index in [9.17, 15) is 4.79 Å². The number of carbonyl (C=O) groups excluding carboxylic acids is 1. The molecular formula is C21H17N5OS. The molecule has 2 aromatic heterocycles. The van der Waals surface area contributed by atoms with Gasteiger partial charge in [-0.1, -0.05) is 60.3 Å². The molecule has 0 spiro atoms.